The average Bonchev–Trinajstić information content (AvgIpc) is 2.78. The van der Waals surface area contributed by atoms with Gasteiger partial charge in [0.05, 0.1) is 6.61 Å². The second kappa shape index (κ2) is 5.54. The maximum atomic E-state index is 13.5. The number of anilines is 1. The monoisotopic (exact) mass is 267 g/mol. The second-order valence-electron chi connectivity index (χ2n) is 3.24. The summed E-state index contributed by atoms with van der Waals surface area (Å²) in [5.41, 5.74) is 0.354. The summed E-state index contributed by atoms with van der Waals surface area (Å²) >= 11 is 1.08. The van der Waals surface area contributed by atoms with E-state index in [9.17, 15) is 9.18 Å². The minimum Gasteiger partial charge on any atom is -0.450 e. The van der Waals surface area contributed by atoms with Crippen LogP contribution in [0.1, 0.15) is 6.92 Å². The van der Waals surface area contributed by atoms with Gasteiger partial charge in [-0.1, -0.05) is 23.5 Å². The van der Waals surface area contributed by atoms with Crippen molar-refractivity contribution in [3.63, 3.8) is 0 Å². The Morgan fingerprint density at radius 3 is 2.94 bits per heavy atom. The Labute approximate surface area is 107 Å². The lowest BCUT2D eigenvalue weighted by Gasteiger charge is -1.99. The molecule has 0 atom stereocenters. The summed E-state index contributed by atoms with van der Waals surface area (Å²) in [5.74, 6) is -0.378. The highest BCUT2D eigenvalue weighted by Gasteiger charge is 2.12. The fourth-order valence-corrected chi connectivity index (χ4v) is 2.03. The summed E-state index contributed by atoms with van der Waals surface area (Å²) in [6.45, 7) is 1.97. The molecule has 94 valence electrons. The Morgan fingerprint density at radius 2 is 2.22 bits per heavy atom. The van der Waals surface area contributed by atoms with Crippen molar-refractivity contribution < 1.29 is 13.9 Å². The van der Waals surface area contributed by atoms with Gasteiger partial charge in [0.1, 0.15) is 5.82 Å². The lowest BCUT2D eigenvalue weighted by Crippen LogP contribution is -2.12. The maximum absolute atomic E-state index is 13.5. The molecule has 0 fully saturated rings. The highest BCUT2D eigenvalue weighted by atomic mass is 32.1. The van der Waals surface area contributed by atoms with Crippen LogP contribution >= 0.6 is 11.3 Å². The zero-order valence-electron chi connectivity index (χ0n) is 9.51. The third-order valence-corrected chi connectivity index (χ3v) is 2.89. The number of benzene rings is 1. The minimum absolute atomic E-state index is 0.269. The molecule has 7 heteroatoms. The van der Waals surface area contributed by atoms with Crippen LogP contribution in [0, 0.1) is 5.82 Å². The van der Waals surface area contributed by atoms with Crippen molar-refractivity contribution in [1.82, 2.24) is 10.2 Å². The van der Waals surface area contributed by atoms with Crippen molar-refractivity contribution in [3.05, 3.63) is 30.1 Å². The van der Waals surface area contributed by atoms with Crippen molar-refractivity contribution in [1.29, 1.82) is 0 Å². The quantitative estimate of drug-likeness (QED) is 0.928. The second-order valence-corrected chi connectivity index (χ2v) is 4.22. The number of nitrogens with zero attached hydrogens (tertiary/aromatic N) is 2. The molecule has 0 spiro atoms. The van der Waals surface area contributed by atoms with Crippen LogP contribution in [0.15, 0.2) is 24.3 Å². The van der Waals surface area contributed by atoms with E-state index in [1.165, 1.54) is 6.07 Å². The highest BCUT2D eigenvalue weighted by Crippen LogP contribution is 2.28. The van der Waals surface area contributed by atoms with Crippen LogP contribution in [-0.2, 0) is 4.74 Å². The molecule has 1 heterocycles. The predicted octanol–water partition coefficient (Wildman–Crippen LogP) is 2.91. The molecule has 18 heavy (non-hydrogen) atoms. The van der Waals surface area contributed by atoms with Gasteiger partial charge in [0, 0.05) is 5.56 Å². The Morgan fingerprint density at radius 1 is 1.44 bits per heavy atom. The van der Waals surface area contributed by atoms with Crippen molar-refractivity contribution in [2.45, 2.75) is 6.92 Å². The number of rotatable bonds is 3. The van der Waals surface area contributed by atoms with E-state index in [1.807, 2.05) is 0 Å². The first-order valence-electron chi connectivity index (χ1n) is 5.23. The molecule has 0 aliphatic carbocycles. The summed E-state index contributed by atoms with van der Waals surface area (Å²) in [6, 6.07) is 6.25. The van der Waals surface area contributed by atoms with Gasteiger partial charge in [0.15, 0.2) is 5.01 Å². The van der Waals surface area contributed by atoms with Gasteiger partial charge in [-0.05, 0) is 19.1 Å². The number of carbonyl (C=O) groups excluding carboxylic acids is 1. The zero-order valence-corrected chi connectivity index (χ0v) is 10.3. The van der Waals surface area contributed by atoms with E-state index in [2.05, 4.69) is 15.5 Å². The van der Waals surface area contributed by atoms with Gasteiger partial charge < -0.3 is 4.74 Å². The smallest absolute Gasteiger partial charge is 0.413 e. The molecule has 0 radical (unpaired) electrons. The molecule has 2 aromatic rings. The van der Waals surface area contributed by atoms with Crippen LogP contribution in [0.2, 0.25) is 0 Å². The molecular weight excluding hydrogens is 257 g/mol. The van der Waals surface area contributed by atoms with Gasteiger partial charge in [-0.25, -0.2) is 9.18 Å². The van der Waals surface area contributed by atoms with Crippen LogP contribution in [-0.4, -0.2) is 22.9 Å². The number of carbonyl (C=O) groups is 1. The minimum atomic E-state index is -0.603. The van der Waals surface area contributed by atoms with Crippen LogP contribution in [0.25, 0.3) is 10.6 Å². The van der Waals surface area contributed by atoms with E-state index in [-0.39, 0.29) is 17.6 Å². The molecule has 0 saturated carbocycles. The number of ether oxygens (including phenoxy) is 1. The number of aromatic nitrogens is 2. The van der Waals surface area contributed by atoms with Crippen molar-refractivity contribution in [2.24, 2.45) is 0 Å². The Bertz CT molecular complexity index is 559. The summed E-state index contributed by atoms with van der Waals surface area (Å²) in [7, 11) is 0. The summed E-state index contributed by atoms with van der Waals surface area (Å²) in [6.07, 6.45) is -0.603. The molecule has 2 rings (SSSR count). The molecule has 1 amide bonds. The Hall–Kier alpha value is -2.02. The summed E-state index contributed by atoms with van der Waals surface area (Å²) < 4.78 is 18.2. The third kappa shape index (κ3) is 2.80. The van der Waals surface area contributed by atoms with Crippen LogP contribution in [0.4, 0.5) is 14.3 Å². The van der Waals surface area contributed by atoms with Crippen molar-refractivity contribution in [2.75, 3.05) is 11.9 Å². The summed E-state index contributed by atoms with van der Waals surface area (Å²) in [4.78, 5) is 11.2. The molecule has 5 nitrogen and oxygen atoms in total. The normalized spacial score (nSPS) is 10.1. The fourth-order valence-electron chi connectivity index (χ4n) is 1.27. The fraction of sp³-hybridized carbons (Fsp3) is 0.182. The highest BCUT2D eigenvalue weighted by molar-refractivity contribution is 7.18. The molecule has 0 bridgehead atoms. The predicted molar refractivity (Wildman–Crippen MR) is 65.9 cm³/mol. The molecule has 0 unspecified atom stereocenters. The maximum Gasteiger partial charge on any atom is 0.413 e. The van der Waals surface area contributed by atoms with E-state index in [0.717, 1.165) is 11.3 Å². The van der Waals surface area contributed by atoms with E-state index in [1.54, 1.807) is 25.1 Å². The van der Waals surface area contributed by atoms with Gasteiger partial charge in [-0.3, -0.25) is 5.32 Å². The van der Waals surface area contributed by atoms with E-state index in [0.29, 0.717) is 10.6 Å². The van der Waals surface area contributed by atoms with Crippen molar-refractivity contribution in [3.8, 4) is 10.6 Å². The molecule has 1 N–H and O–H groups in total. The molecule has 0 aliphatic heterocycles. The number of halogens is 1. The average molecular weight is 267 g/mol. The Balaban J connectivity index is 2.16. The van der Waals surface area contributed by atoms with Gasteiger partial charge >= 0.3 is 6.09 Å². The molecule has 0 aliphatic rings. The molecule has 1 aromatic heterocycles. The van der Waals surface area contributed by atoms with Crippen molar-refractivity contribution >= 4 is 22.6 Å². The number of hydrogen-bond donors (Lipinski definition) is 1. The van der Waals surface area contributed by atoms with Crippen LogP contribution < -0.4 is 5.32 Å². The SMILES string of the molecule is CCOC(=O)Nc1nnc(-c2ccccc2F)s1. The number of hydrogen-bond acceptors (Lipinski definition) is 5. The van der Waals surface area contributed by atoms with Gasteiger partial charge in [0.2, 0.25) is 5.13 Å². The first-order valence-corrected chi connectivity index (χ1v) is 6.04. The molecule has 1 aromatic carbocycles. The first kappa shape index (κ1) is 12.4. The Kier molecular flexibility index (Phi) is 3.83. The zero-order chi connectivity index (χ0) is 13.0. The molecule has 0 saturated heterocycles. The largest absolute Gasteiger partial charge is 0.450 e. The molecular formula is C11H10FN3O2S. The standard InChI is InChI=1S/C11H10FN3O2S/c1-2-17-11(16)13-10-15-14-9(18-10)7-5-3-4-6-8(7)12/h3-6H,2H2,1H3,(H,13,15,16). The first-order chi connectivity index (χ1) is 8.70. The van der Waals surface area contributed by atoms with Gasteiger partial charge in [-0.15, -0.1) is 10.2 Å². The number of nitrogens with one attached hydrogen (secondary N) is 1. The van der Waals surface area contributed by atoms with E-state index >= 15 is 0 Å². The van der Waals surface area contributed by atoms with Crippen LogP contribution in [0.3, 0.4) is 0 Å². The van der Waals surface area contributed by atoms with Gasteiger partial charge in [0.25, 0.3) is 0 Å². The van der Waals surface area contributed by atoms with E-state index < -0.39 is 6.09 Å². The lowest BCUT2D eigenvalue weighted by atomic mass is 10.2. The third-order valence-electron chi connectivity index (χ3n) is 2.01. The summed E-state index contributed by atoms with van der Waals surface area (Å²) in [5, 5.41) is 10.7. The van der Waals surface area contributed by atoms with Gasteiger partial charge in [-0.2, -0.15) is 0 Å². The lowest BCUT2D eigenvalue weighted by molar-refractivity contribution is 0.168. The number of amides is 1. The topological polar surface area (TPSA) is 64.1 Å². The van der Waals surface area contributed by atoms with Crippen LogP contribution in [0.5, 0.6) is 0 Å². The van der Waals surface area contributed by atoms with E-state index in [4.69, 9.17) is 4.74 Å².